The number of anilines is 1. The highest BCUT2D eigenvalue weighted by atomic mass is 35.5. The van der Waals surface area contributed by atoms with Crippen LogP contribution in [0.2, 0.25) is 5.02 Å². The van der Waals surface area contributed by atoms with Crippen molar-refractivity contribution in [2.45, 2.75) is 20.4 Å². The predicted octanol–water partition coefficient (Wildman–Crippen LogP) is 2.77. The fraction of sp³-hybridized carbons (Fsp3) is 0.250. The number of hydrogen-bond donors (Lipinski definition) is 1. The Hall–Kier alpha value is -1.84. The van der Waals surface area contributed by atoms with Crippen LogP contribution in [-0.4, -0.2) is 30.0 Å². The van der Waals surface area contributed by atoms with Gasteiger partial charge < -0.3 is 0 Å². The highest BCUT2D eigenvalue weighted by Gasteiger charge is 2.14. The highest BCUT2D eigenvalue weighted by Crippen LogP contribution is 2.29. The van der Waals surface area contributed by atoms with Gasteiger partial charge in [0.1, 0.15) is 6.54 Å². The standard InChI is InChI=1S/C12H11ClN6OS2/c1-6-10(21-7(2)15-6)11-17-12(22-18-11)16-9(20)5-19-4-8(13)3-14-19/h3-4H,5H2,1-2H3,(H,16,17,18,20). The van der Waals surface area contributed by atoms with Crippen LogP contribution in [0.4, 0.5) is 5.13 Å². The number of carbonyl (C=O) groups is 1. The van der Waals surface area contributed by atoms with E-state index < -0.39 is 0 Å². The van der Waals surface area contributed by atoms with E-state index in [9.17, 15) is 4.79 Å². The molecule has 3 heterocycles. The SMILES string of the molecule is Cc1nc(C)c(-c2nsc(NC(=O)Cn3cc(Cl)cn3)n2)s1. The summed E-state index contributed by atoms with van der Waals surface area (Å²) in [6.45, 7) is 3.92. The van der Waals surface area contributed by atoms with Crippen LogP contribution in [-0.2, 0) is 11.3 Å². The lowest BCUT2D eigenvalue weighted by Crippen LogP contribution is -2.18. The Bertz CT molecular complexity index is 823. The minimum absolute atomic E-state index is 0.0698. The summed E-state index contributed by atoms with van der Waals surface area (Å²) in [5.41, 5.74) is 0.893. The molecular weight excluding hydrogens is 344 g/mol. The molecule has 0 aliphatic heterocycles. The molecule has 3 aromatic heterocycles. The Kier molecular flexibility index (Phi) is 4.19. The Labute approximate surface area is 139 Å². The molecule has 7 nitrogen and oxygen atoms in total. The molecule has 1 amide bonds. The number of aryl methyl sites for hydroxylation is 2. The quantitative estimate of drug-likeness (QED) is 0.778. The molecule has 0 aliphatic rings. The topological polar surface area (TPSA) is 85.6 Å². The molecule has 0 atom stereocenters. The van der Waals surface area contributed by atoms with Crippen molar-refractivity contribution in [1.29, 1.82) is 0 Å². The molecule has 0 saturated heterocycles. The summed E-state index contributed by atoms with van der Waals surface area (Å²) in [7, 11) is 0. The van der Waals surface area contributed by atoms with Crippen LogP contribution in [0.25, 0.3) is 10.7 Å². The van der Waals surface area contributed by atoms with E-state index >= 15 is 0 Å². The normalized spacial score (nSPS) is 10.9. The van der Waals surface area contributed by atoms with Crippen molar-refractivity contribution in [1.82, 2.24) is 24.1 Å². The van der Waals surface area contributed by atoms with E-state index in [1.54, 1.807) is 6.20 Å². The van der Waals surface area contributed by atoms with Crippen molar-refractivity contribution in [2.75, 3.05) is 5.32 Å². The third kappa shape index (κ3) is 3.32. The van der Waals surface area contributed by atoms with Gasteiger partial charge in [-0.05, 0) is 13.8 Å². The average molecular weight is 355 g/mol. The lowest BCUT2D eigenvalue weighted by molar-refractivity contribution is -0.116. The monoisotopic (exact) mass is 354 g/mol. The molecule has 0 aliphatic carbocycles. The van der Waals surface area contributed by atoms with Gasteiger partial charge in [0.05, 0.1) is 26.8 Å². The number of hydrogen-bond acceptors (Lipinski definition) is 7. The van der Waals surface area contributed by atoms with Gasteiger partial charge in [-0.3, -0.25) is 14.8 Å². The van der Waals surface area contributed by atoms with Crippen molar-refractivity contribution in [3.8, 4) is 10.7 Å². The van der Waals surface area contributed by atoms with Gasteiger partial charge in [0, 0.05) is 17.7 Å². The van der Waals surface area contributed by atoms with Crippen molar-refractivity contribution in [2.24, 2.45) is 0 Å². The first kappa shape index (κ1) is 15.1. The van der Waals surface area contributed by atoms with Gasteiger partial charge in [0.2, 0.25) is 11.0 Å². The van der Waals surface area contributed by atoms with Crippen LogP contribution in [0, 0.1) is 13.8 Å². The number of thiazole rings is 1. The van der Waals surface area contributed by atoms with Crippen molar-refractivity contribution >= 4 is 45.5 Å². The summed E-state index contributed by atoms with van der Waals surface area (Å²) < 4.78 is 5.72. The molecule has 3 rings (SSSR count). The summed E-state index contributed by atoms with van der Waals surface area (Å²) in [6.07, 6.45) is 3.06. The summed E-state index contributed by atoms with van der Waals surface area (Å²) >= 11 is 8.42. The van der Waals surface area contributed by atoms with Gasteiger partial charge in [-0.2, -0.15) is 14.5 Å². The van der Waals surface area contributed by atoms with Crippen LogP contribution in [0.5, 0.6) is 0 Å². The molecule has 0 unspecified atom stereocenters. The minimum Gasteiger partial charge on any atom is -0.299 e. The molecule has 10 heteroatoms. The van der Waals surface area contributed by atoms with E-state index in [2.05, 4.69) is 24.8 Å². The Morgan fingerprint density at radius 2 is 2.23 bits per heavy atom. The van der Waals surface area contributed by atoms with Gasteiger partial charge >= 0.3 is 0 Å². The number of nitrogens with zero attached hydrogens (tertiary/aromatic N) is 5. The first-order chi connectivity index (χ1) is 10.5. The molecule has 22 heavy (non-hydrogen) atoms. The minimum atomic E-state index is -0.236. The molecule has 0 bridgehead atoms. The van der Waals surface area contributed by atoms with Crippen LogP contribution in [0.15, 0.2) is 12.4 Å². The lowest BCUT2D eigenvalue weighted by atomic mass is 10.4. The number of carbonyl (C=O) groups excluding carboxylic acids is 1. The van der Waals surface area contributed by atoms with Crippen LogP contribution < -0.4 is 5.32 Å². The van der Waals surface area contributed by atoms with E-state index in [1.807, 2.05) is 13.8 Å². The van der Waals surface area contributed by atoms with E-state index in [0.717, 1.165) is 27.1 Å². The number of amides is 1. The smallest absolute Gasteiger partial charge is 0.247 e. The third-order valence-corrected chi connectivity index (χ3v) is 4.58. The summed E-state index contributed by atoms with van der Waals surface area (Å²) in [4.78, 5) is 21.5. The maximum atomic E-state index is 11.9. The Morgan fingerprint density at radius 3 is 2.86 bits per heavy atom. The van der Waals surface area contributed by atoms with Crippen LogP contribution >= 0.6 is 34.5 Å². The summed E-state index contributed by atoms with van der Waals surface area (Å²) in [5.74, 6) is 0.352. The lowest BCUT2D eigenvalue weighted by Gasteiger charge is -2.00. The zero-order chi connectivity index (χ0) is 15.7. The Balaban J connectivity index is 1.69. The van der Waals surface area contributed by atoms with Gasteiger partial charge in [0.25, 0.3) is 0 Å². The second-order valence-corrected chi connectivity index (χ2v) is 6.87. The first-order valence-electron chi connectivity index (χ1n) is 6.27. The molecule has 0 fully saturated rings. The van der Waals surface area contributed by atoms with Gasteiger partial charge in [0.15, 0.2) is 5.82 Å². The van der Waals surface area contributed by atoms with Crippen LogP contribution in [0.1, 0.15) is 10.7 Å². The fourth-order valence-electron chi connectivity index (χ4n) is 1.84. The largest absolute Gasteiger partial charge is 0.299 e. The molecular formula is C12H11ClN6OS2. The third-order valence-electron chi connectivity index (χ3n) is 2.69. The fourth-order valence-corrected chi connectivity index (χ4v) is 3.50. The zero-order valence-electron chi connectivity index (χ0n) is 11.7. The van der Waals surface area contributed by atoms with Crippen molar-refractivity contribution < 1.29 is 4.79 Å². The number of rotatable bonds is 4. The number of nitrogens with one attached hydrogen (secondary N) is 1. The van der Waals surface area contributed by atoms with Gasteiger partial charge in [-0.1, -0.05) is 11.6 Å². The average Bonchev–Trinajstić information content (AvgIpc) is 3.12. The highest BCUT2D eigenvalue weighted by molar-refractivity contribution is 7.15. The van der Waals surface area contributed by atoms with Gasteiger partial charge in [-0.15, -0.1) is 11.3 Å². The summed E-state index contributed by atoms with van der Waals surface area (Å²) in [5, 5.41) is 8.55. The second kappa shape index (κ2) is 6.11. The number of aromatic nitrogens is 5. The molecule has 0 radical (unpaired) electrons. The van der Waals surface area contributed by atoms with E-state index in [-0.39, 0.29) is 12.5 Å². The molecule has 114 valence electrons. The Morgan fingerprint density at radius 1 is 1.41 bits per heavy atom. The van der Waals surface area contributed by atoms with Crippen molar-refractivity contribution in [3.63, 3.8) is 0 Å². The molecule has 0 aromatic carbocycles. The molecule has 0 saturated carbocycles. The van der Waals surface area contributed by atoms with Crippen molar-refractivity contribution in [3.05, 3.63) is 28.1 Å². The second-order valence-electron chi connectivity index (χ2n) is 4.47. The van der Waals surface area contributed by atoms with E-state index in [1.165, 1.54) is 22.2 Å². The zero-order valence-corrected chi connectivity index (χ0v) is 14.1. The molecule has 1 N–H and O–H groups in total. The van der Waals surface area contributed by atoms with E-state index in [0.29, 0.717) is 16.0 Å². The predicted molar refractivity (Wildman–Crippen MR) is 86.4 cm³/mol. The van der Waals surface area contributed by atoms with E-state index in [4.69, 9.17) is 11.6 Å². The van der Waals surface area contributed by atoms with Gasteiger partial charge in [-0.25, -0.2) is 4.98 Å². The maximum absolute atomic E-state index is 11.9. The summed E-state index contributed by atoms with van der Waals surface area (Å²) in [6, 6.07) is 0. The van der Waals surface area contributed by atoms with Crippen LogP contribution in [0.3, 0.4) is 0 Å². The first-order valence-corrected chi connectivity index (χ1v) is 8.24. The number of halogens is 1. The molecule has 3 aromatic rings. The molecule has 0 spiro atoms. The maximum Gasteiger partial charge on any atom is 0.247 e.